The van der Waals surface area contributed by atoms with Crippen molar-refractivity contribution in [3.05, 3.63) is 33.8 Å². The zero-order valence-electron chi connectivity index (χ0n) is 10.2. The van der Waals surface area contributed by atoms with Gasteiger partial charge in [-0.15, -0.1) is 22.7 Å². The van der Waals surface area contributed by atoms with Crippen LogP contribution in [0.3, 0.4) is 0 Å². The summed E-state index contributed by atoms with van der Waals surface area (Å²) in [5.74, 6) is 2.64. The highest BCUT2D eigenvalue weighted by Gasteiger charge is 2.13. The van der Waals surface area contributed by atoms with Crippen LogP contribution in [0.25, 0.3) is 10.4 Å². The monoisotopic (exact) mass is 295 g/mol. The summed E-state index contributed by atoms with van der Waals surface area (Å²) < 4.78 is 0. The summed E-state index contributed by atoms with van der Waals surface area (Å²) in [6.07, 6.45) is 2.65. The first kappa shape index (κ1) is 12.7. The maximum atomic E-state index is 3.70. The van der Waals surface area contributed by atoms with Crippen molar-refractivity contribution in [1.82, 2.24) is 5.32 Å². The Kier molecular flexibility index (Phi) is 4.41. The van der Waals surface area contributed by atoms with E-state index in [9.17, 15) is 0 Å². The van der Waals surface area contributed by atoms with Gasteiger partial charge < -0.3 is 5.32 Å². The number of hydrogen-bond acceptors (Lipinski definition) is 4. The minimum Gasteiger partial charge on any atom is -0.309 e. The predicted octanol–water partition coefficient (Wildman–Crippen LogP) is 4.46. The van der Waals surface area contributed by atoms with E-state index in [0.29, 0.717) is 0 Å². The van der Waals surface area contributed by atoms with Crippen molar-refractivity contribution in [3.63, 3.8) is 0 Å². The first-order valence-electron chi connectivity index (χ1n) is 6.34. The lowest BCUT2D eigenvalue weighted by Gasteiger charge is -2.22. The van der Waals surface area contributed by atoms with Crippen molar-refractivity contribution >= 4 is 34.4 Å². The van der Waals surface area contributed by atoms with Crippen LogP contribution in [0.2, 0.25) is 0 Å². The molecule has 0 unspecified atom stereocenters. The number of thiophene rings is 2. The third kappa shape index (κ3) is 3.18. The Morgan fingerprint density at radius 3 is 2.89 bits per heavy atom. The second-order valence-electron chi connectivity index (χ2n) is 4.55. The molecular formula is C14H17NS3. The molecular weight excluding hydrogens is 278 g/mol. The van der Waals surface area contributed by atoms with E-state index in [1.807, 2.05) is 22.7 Å². The van der Waals surface area contributed by atoms with Gasteiger partial charge in [0.05, 0.1) is 0 Å². The number of hydrogen-bond donors (Lipinski definition) is 1. The summed E-state index contributed by atoms with van der Waals surface area (Å²) >= 11 is 5.78. The average molecular weight is 295 g/mol. The molecule has 1 fully saturated rings. The zero-order chi connectivity index (χ0) is 12.2. The maximum absolute atomic E-state index is 3.70. The van der Waals surface area contributed by atoms with Gasteiger partial charge in [-0.3, -0.25) is 0 Å². The highest BCUT2D eigenvalue weighted by molar-refractivity contribution is 7.99. The lowest BCUT2D eigenvalue weighted by atomic mass is 10.1. The zero-order valence-corrected chi connectivity index (χ0v) is 12.7. The van der Waals surface area contributed by atoms with Gasteiger partial charge in [-0.2, -0.15) is 11.8 Å². The second kappa shape index (κ2) is 6.24. The predicted molar refractivity (Wildman–Crippen MR) is 84.8 cm³/mol. The third-order valence-electron chi connectivity index (χ3n) is 3.25. The standard InChI is InChI=1S/C14H17NS3/c1-2-14(17-5-1)11-8-13(18-10-11)9-15-12-3-6-16-7-4-12/h1-2,5,8,10,12,15H,3-4,6-7,9H2. The summed E-state index contributed by atoms with van der Waals surface area (Å²) in [7, 11) is 0. The molecule has 0 radical (unpaired) electrons. The van der Waals surface area contributed by atoms with Gasteiger partial charge in [-0.05, 0) is 47.2 Å². The van der Waals surface area contributed by atoms with Gasteiger partial charge in [0, 0.05) is 27.9 Å². The van der Waals surface area contributed by atoms with Crippen LogP contribution in [-0.2, 0) is 6.54 Å². The summed E-state index contributed by atoms with van der Waals surface area (Å²) in [5.41, 5.74) is 1.38. The van der Waals surface area contributed by atoms with Crippen molar-refractivity contribution in [2.24, 2.45) is 0 Å². The molecule has 0 bridgehead atoms. The Morgan fingerprint density at radius 2 is 2.11 bits per heavy atom. The van der Waals surface area contributed by atoms with Crippen molar-refractivity contribution in [2.75, 3.05) is 11.5 Å². The molecule has 0 aliphatic carbocycles. The lowest BCUT2D eigenvalue weighted by molar-refractivity contribution is 0.484. The van der Waals surface area contributed by atoms with Crippen LogP contribution in [0.4, 0.5) is 0 Å². The fraction of sp³-hybridized carbons (Fsp3) is 0.429. The maximum Gasteiger partial charge on any atom is 0.0351 e. The van der Waals surface area contributed by atoms with Gasteiger partial charge in [0.15, 0.2) is 0 Å². The summed E-state index contributed by atoms with van der Waals surface area (Å²) in [4.78, 5) is 2.84. The first-order valence-corrected chi connectivity index (χ1v) is 9.25. The topological polar surface area (TPSA) is 12.0 Å². The molecule has 0 amide bonds. The molecule has 1 N–H and O–H groups in total. The Hall–Kier alpha value is -0.290. The van der Waals surface area contributed by atoms with Crippen molar-refractivity contribution in [3.8, 4) is 10.4 Å². The molecule has 18 heavy (non-hydrogen) atoms. The van der Waals surface area contributed by atoms with Crippen LogP contribution in [0.5, 0.6) is 0 Å². The smallest absolute Gasteiger partial charge is 0.0351 e. The molecule has 3 heterocycles. The third-order valence-corrected chi connectivity index (χ3v) is 6.15. The van der Waals surface area contributed by atoms with Crippen LogP contribution in [-0.4, -0.2) is 17.5 Å². The quantitative estimate of drug-likeness (QED) is 0.893. The first-order chi connectivity index (χ1) is 8.92. The summed E-state index contributed by atoms with van der Waals surface area (Å²) in [6.45, 7) is 1.03. The summed E-state index contributed by atoms with van der Waals surface area (Å²) in [5, 5.41) is 8.12. The second-order valence-corrected chi connectivity index (χ2v) is 7.71. The van der Waals surface area contributed by atoms with Crippen molar-refractivity contribution in [2.45, 2.75) is 25.4 Å². The Balaban J connectivity index is 1.57. The molecule has 0 aromatic carbocycles. The highest BCUT2D eigenvalue weighted by atomic mass is 32.2. The molecule has 0 saturated carbocycles. The highest BCUT2D eigenvalue weighted by Crippen LogP contribution is 2.29. The molecule has 1 aliphatic rings. The van der Waals surface area contributed by atoms with E-state index in [1.165, 1.54) is 39.7 Å². The number of thioether (sulfide) groups is 1. The molecule has 2 aromatic rings. The molecule has 4 heteroatoms. The Labute approximate surface area is 121 Å². The number of rotatable bonds is 4. The molecule has 0 spiro atoms. The Bertz CT molecular complexity index is 469. The Morgan fingerprint density at radius 1 is 1.22 bits per heavy atom. The van der Waals surface area contributed by atoms with Gasteiger partial charge in [0.1, 0.15) is 0 Å². The van der Waals surface area contributed by atoms with Crippen molar-refractivity contribution < 1.29 is 0 Å². The van der Waals surface area contributed by atoms with E-state index >= 15 is 0 Å². The molecule has 0 atom stereocenters. The van der Waals surface area contributed by atoms with Crippen LogP contribution in [0.15, 0.2) is 29.0 Å². The minimum atomic E-state index is 0.735. The molecule has 1 aliphatic heterocycles. The van der Waals surface area contributed by atoms with E-state index in [-0.39, 0.29) is 0 Å². The molecule has 96 valence electrons. The van der Waals surface area contributed by atoms with Crippen LogP contribution in [0, 0.1) is 0 Å². The average Bonchev–Trinajstić information content (AvgIpc) is 3.08. The van der Waals surface area contributed by atoms with Crippen molar-refractivity contribution in [1.29, 1.82) is 0 Å². The van der Waals surface area contributed by atoms with E-state index in [4.69, 9.17) is 0 Å². The normalized spacial score (nSPS) is 17.1. The largest absolute Gasteiger partial charge is 0.309 e. The SMILES string of the molecule is c1csc(-c2csc(CNC3CCSCC3)c2)c1. The van der Waals surface area contributed by atoms with Gasteiger partial charge in [0.2, 0.25) is 0 Å². The fourth-order valence-electron chi connectivity index (χ4n) is 2.19. The van der Waals surface area contributed by atoms with Crippen LogP contribution < -0.4 is 5.32 Å². The number of nitrogens with one attached hydrogen (secondary N) is 1. The molecule has 1 nitrogen and oxygen atoms in total. The van der Waals surface area contributed by atoms with Crippen LogP contribution >= 0.6 is 34.4 Å². The van der Waals surface area contributed by atoms with E-state index in [2.05, 4.69) is 46.0 Å². The van der Waals surface area contributed by atoms with E-state index in [0.717, 1.165) is 12.6 Å². The van der Waals surface area contributed by atoms with Gasteiger partial charge in [-0.1, -0.05) is 6.07 Å². The van der Waals surface area contributed by atoms with Gasteiger partial charge in [-0.25, -0.2) is 0 Å². The van der Waals surface area contributed by atoms with E-state index < -0.39 is 0 Å². The lowest BCUT2D eigenvalue weighted by Crippen LogP contribution is -2.31. The summed E-state index contributed by atoms with van der Waals surface area (Å²) in [6, 6.07) is 7.39. The van der Waals surface area contributed by atoms with Gasteiger partial charge in [0.25, 0.3) is 0 Å². The molecule has 1 saturated heterocycles. The molecule has 3 rings (SSSR count). The minimum absolute atomic E-state index is 0.735. The van der Waals surface area contributed by atoms with Crippen LogP contribution in [0.1, 0.15) is 17.7 Å². The van der Waals surface area contributed by atoms with Gasteiger partial charge >= 0.3 is 0 Å². The fourth-order valence-corrected chi connectivity index (χ4v) is 4.92. The molecule has 2 aromatic heterocycles. The van der Waals surface area contributed by atoms with E-state index in [1.54, 1.807) is 0 Å².